The number of anilines is 2. The molecule has 2 aromatic rings. The molecular weight excluding hydrogens is 363 g/mol. The van der Waals surface area contributed by atoms with Gasteiger partial charge in [0.25, 0.3) is 0 Å². The third kappa shape index (κ3) is 2.82. The minimum atomic E-state index is -0.668. The highest BCUT2D eigenvalue weighted by Crippen LogP contribution is 2.52. The lowest BCUT2D eigenvalue weighted by Gasteiger charge is -2.39. The molecule has 1 N–H and O–H groups in total. The maximum absolute atomic E-state index is 14.9. The fourth-order valence-corrected chi connectivity index (χ4v) is 4.84. The van der Waals surface area contributed by atoms with Crippen LogP contribution in [0.25, 0.3) is 0 Å². The molecule has 0 aliphatic carbocycles. The second kappa shape index (κ2) is 6.23. The summed E-state index contributed by atoms with van der Waals surface area (Å²) in [5.74, 6) is -0.398. The van der Waals surface area contributed by atoms with Crippen molar-refractivity contribution < 1.29 is 9.18 Å². The van der Waals surface area contributed by atoms with Crippen molar-refractivity contribution in [2.24, 2.45) is 5.41 Å². The number of nitrogens with one attached hydrogen (secondary N) is 1. The van der Waals surface area contributed by atoms with Gasteiger partial charge in [0.15, 0.2) is 5.82 Å². The van der Waals surface area contributed by atoms with E-state index in [0.29, 0.717) is 18.7 Å². The molecule has 1 spiro atoms. The first-order chi connectivity index (χ1) is 12.7. The highest BCUT2D eigenvalue weighted by atomic mass is 35.5. The summed E-state index contributed by atoms with van der Waals surface area (Å²) in [5, 5.41) is 3.17. The lowest BCUT2D eigenvalue weighted by molar-refractivity contribution is -0.121. The van der Waals surface area contributed by atoms with Crippen molar-refractivity contribution in [1.82, 2.24) is 0 Å². The predicted octanol–water partition coefficient (Wildman–Crippen LogP) is 5.38. The van der Waals surface area contributed by atoms with Gasteiger partial charge < -0.3 is 10.2 Å². The van der Waals surface area contributed by atoms with Crippen LogP contribution in [-0.4, -0.2) is 18.5 Å². The summed E-state index contributed by atoms with van der Waals surface area (Å²) in [6, 6.07) is 12.8. The molecule has 0 aromatic heterocycles. The molecule has 5 heteroatoms. The minimum absolute atomic E-state index is 0.0166. The molecule has 142 valence electrons. The van der Waals surface area contributed by atoms with Crippen molar-refractivity contribution in [3.63, 3.8) is 0 Å². The number of hydrogen-bond donors (Lipinski definition) is 1. The van der Waals surface area contributed by atoms with E-state index >= 15 is 0 Å². The van der Waals surface area contributed by atoms with Crippen LogP contribution < -0.4 is 10.2 Å². The van der Waals surface area contributed by atoms with E-state index in [1.165, 1.54) is 0 Å². The van der Waals surface area contributed by atoms with Crippen molar-refractivity contribution >= 4 is 28.9 Å². The van der Waals surface area contributed by atoms with Gasteiger partial charge in [-0.1, -0.05) is 56.6 Å². The lowest BCUT2D eigenvalue weighted by atomic mass is 9.70. The van der Waals surface area contributed by atoms with Crippen molar-refractivity contribution in [1.29, 1.82) is 0 Å². The van der Waals surface area contributed by atoms with Gasteiger partial charge >= 0.3 is 0 Å². The van der Waals surface area contributed by atoms with E-state index in [2.05, 4.69) is 26.1 Å². The maximum atomic E-state index is 14.9. The first-order valence-electron chi connectivity index (χ1n) is 9.36. The number of carbonyl (C=O) groups is 1. The van der Waals surface area contributed by atoms with Crippen LogP contribution in [-0.2, 0) is 10.2 Å². The zero-order valence-electron chi connectivity index (χ0n) is 15.9. The Morgan fingerprint density at radius 3 is 2.70 bits per heavy atom. The molecule has 2 heterocycles. The van der Waals surface area contributed by atoms with Crippen LogP contribution in [0.4, 0.5) is 15.8 Å². The first-order valence-corrected chi connectivity index (χ1v) is 9.73. The predicted molar refractivity (Wildman–Crippen MR) is 108 cm³/mol. The van der Waals surface area contributed by atoms with E-state index in [1.807, 2.05) is 29.2 Å². The zero-order chi connectivity index (χ0) is 19.4. The van der Waals surface area contributed by atoms with Crippen molar-refractivity contribution in [3.8, 4) is 0 Å². The van der Waals surface area contributed by atoms with Gasteiger partial charge in [0.1, 0.15) is 0 Å². The maximum Gasteiger partial charge on any atom is 0.237 e. The number of para-hydroxylation sites is 1. The average Bonchev–Trinajstić information content (AvgIpc) is 3.09. The number of hydrogen-bond acceptors (Lipinski definition) is 2. The standard InChI is InChI=1S/C22H24ClFN2O/c1-21(2,3)13-18-22(14-7-4-5-9-16(14)25-20(22)27)11-12-26(18)17-10-6-8-15(23)19(17)24/h4-10,18H,11-13H2,1-3H3,(H,25,27). The summed E-state index contributed by atoms with van der Waals surface area (Å²) in [4.78, 5) is 15.3. The van der Waals surface area contributed by atoms with Crippen LogP contribution in [0.1, 0.15) is 39.2 Å². The van der Waals surface area contributed by atoms with E-state index in [9.17, 15) is 9.18 Å². The van der Waals surface area contributed by atoms with Crippen LogP contribution in [0.3, 0.4) is 0 Å². The molecule has 2 aliphatic heterocycles. The Bertz CT molecular complexity index is 907. The smallest absolute Gasteiger partial charge is 0.237 e. The summed E-state index contributed by atoms with van der Waals surface area (Å²) in [7, 11) is 0. The summed E-state index contributed by atoms with van der Waals surface area (Å²) >= 11 is 6.05. The van der Waals surface area contributed by atoms with Gasteiger partial charge in [0.05, 0.1) is 16.1 Å². The van der Waals surface area contributed by atoms with Crippen molar-refractivity contribution in [2.75, 3.05) is 16.8 Å². The Morgan fingerprint density at radius 2 is 1.96 bits per heavy atom. The molecule has 2 unspecified atom stereocenters. The Balaban J connectivity index is 1.87. The quantitative estimate of drug-likeness (QED) is 0.751. The molecule has 0 bridgehead atoms. The van der Waals surface area contributed by atoms with Gasteiger partial charge in [-0.2, -0.15) is 0 Å². The summed E-state index contributed by atoms with van der Waals surface area (Å²) in [6.45, 7) is 7.08. The molecule has 0 saturated carbocycles. The first kappa shape index (κ1) is 18.3. The fourth-order valence-electron chi connectivity index (χ4n) is 4.67. The Morgan fingerprint density at radius 1 is 1.22 bits per heavy atom. The normalized spacial score (nSPS) is 24.4. The summed E-state index contributed by atoms with van der Waals surface area (Å²) in [5.41, 5.74) is 1.68. The van der Waals surface area contributed by atoms with Crippen LogP contribution in [0.5, 0.6) is 0 Å². The van der Waals surface area contributed by atoms with Crippen LogP contribution in [0.15, 0.2) is 42.5 Å². The lowest BCUT2D eigenvalue weighted by Crippen LogP contribution is -2.49. The highest BCUT2D eigenvalue weighted by molar-refractivity contribution is 6.31. The molecule has 1 amide bonds. The van der Waals surface area contributed by atoms with Gasteiger partial charge in [0, 0.05) is 18.3 Å². The average molecular weight is 387 g/mol. The topological polar surface area (TPSA) is 32.3 Å². The fraction of sp³-hybridized carbons (Fsp3) is 0.409. The van der Waals surface area contributed by atoms with Gasteiger partial charge in [-0.3, -0.25) is 4.79 Å². The number of halogens is 2. The highest BCUT2D eigenvalue weighted by Gasteiger charge is 2.58. The summed E-state index contributed by atoms with van der Waals surface area (Å²) in [6.07, 6.45) is 1.42. The molecule has 1 fully saturated rings. The number of amides is 1. The number of carbonyl (C=O) groups excluding carboxylic acids is 1. The molecular formula is C22H24ClFN2O. The van der Waals surface area contributed by atoms with E-state index in [4.69, 9.17) is 11.6 Å². The Labute approximate surface area is 164 Å². The van der Waals surface area contributed by atoms with E-state index in [-0.39, 0.29) is 22.4 Å². The molecule has 27 heavy (non-hydrogen) atoms. The van der Waals surface area contributed by atoms with Crippen molar-refractivity contribution in [3.05, 3.63) is 58.9 Å². The van der Waals surface area contributed by atoms with E-state index < -0.39 is 11.2 Å². The molecule has 0 radical (unpaired) electrons. The van der Waals surface area contributed by atoms with Crippen molar-refractivity contribution in [2.45, 2.75) is 45.1 Å². The van der Waals surface area contributed by atoms with Crippen LogP contribution >= 0.6 is 11.6 Å². The van der Waals surface area contributed by atoms with Gasteiger partial charge in [0.2, 0.25) is 5.91 Å². The molecule has 1 saturated heterocycles. The van der Waals surface area contributed by atoms with E-state index in [0.717, 1.165) is 17.7 Å². The van der Waals surface area contributed by atoms with E-state index in [1.54, 1.807) is 18.2 Å². The number of rotatable bonds is 2. The second-order valence-corrected chi connectivity index (χ2v) is 9.18. The van der Waals surface area contributed by atoms with Crippen LogP contribution in [0, 0.1) is 11.2 Å². The van der Waals surface area contributed by atoms with Gasteiger partial charge in [-0.05, 0) is 42.0 Å². The third-order valence-corrected chi connectivity index (χ3v) is 6.09. The van der Waals surface area contributed by atoms with Crippen LogP contribution in [0.2, 0.25) is 5.02 Å². The summed E-state index contributed by atoms with van der Waals surface area (Å²) < 4.78 is 14.9. The second-order valence-electron chi connectivity index (χ2n) is 8.77. The molecule has 2 atom stereocenters. The monoisotopic (exact) mass is 386 g/mol. The third-order valence-electron chi connectivity index (χ3n) is 5.80. The molecule has 4 rings (SSSR count). The SMILES string of the molecule is CC(C)(C)CC1N(c2cccc(Cl)c2F)CCC12C(=O)Nc1ccccc12. The van der Waals surface area contributed by atoms with Gasteiger partial charge in [-0.25, -0.2) is 4.39 Å². The molecule has 2 aliphatic rings. The number of benzene rings is 2. The molecule has 3 nitrogen and oxygen atoms in total. The Hall–Kier alpha value is -2.07. The number of fused-ring (bicyclic) bond motifs is 2. The zero-order valence-corrected chi connectivity index (χ0v) is 16.6. The van der Waals surface area contributed by atoms with Gasteiger partial charge in [-0.15, -0.1) is 0 Å². The molecule has 2 aromatic carbocycles. The largest absolute Gasteiger partial charge is 0.365 e. The Kier molecular flexibility index (Phi) is 4.22. The number of nitrogens with zero attached hydrogens (tertiary/aromatic N) is 1. The minimum Gasteiger partial charge on any atom is -0.365 e.